The zero-order chi connectivity index (χ0) is 20.4. The molecule has 3 rings (SSSR count). The Balaban J connectivity index is 2.09. The third-order valence-corrected chi connectivity index (χ3v) is 6.39. The number of benzene rings is 2. The molecule has 1 aliphatic rings. The van der Waals surface area contributed by atoms with Crippen molar-refractivity contribution in [2.45, 2.75) is 17.6 Å². The zero-order valence-electron chi connectivity index (χ0n) is 15.0. The van der Waals surface area contributed by atoms with Crippen LogP contribution in [0.15, 0.2) is 29.2 Å². The third-order valence-electron chi connectivity index (χ3n) is 4.40. The number of hydrogen-bond acceptors (Lipinski definition) is 4. The normalized spacial score (nSPS) is 15.2. The second-order valence-corrected chi connectivity index (χ2v) is 8.88. The van der Waals surface area contributed by atoms with E-state index in [2.05, 4.69) is 0 Å². The highest BCUT2D eigenvalue weighted by molar-refractivity contribution is 7.84. The van der Waals surface area contributed by atoms with Gasteiger partial charge in [0.05, 0.1) is 32.0 Å². The van der Waals surface area contributed by atoms with Gasteiger partial charge in [0, 0.05) is 36.1 Å². The van der Waals surface area contributed by atoms with Crippen molar-refractivity contribution in [3.05, 3.63) is 46.0 Å². The third kappa shape index (κ3) is 4.25. The molecule has 2 aromatic carbocycles. The van der Waals surface area contributed by atoms with Crippen LogP contribution in [0.5, 0.6) is 11.5 Å². The van der Waals surface area contributed by atoms with Crippen LogP contribution in [-0.4, -0.2) is 40.1 Å². The summed E-state index contributed by atoms with van der Waals surface area (Å²) in [4.78, 5) is 13.7. The summed E-state index contributed by atoms with van der Waals surface area (Å²) in [7, 11) is -1.49. The number of hydrogen-bond donors (Lipinski definition) is 1. The molecular weight excluding hydrogens is 445 g/mol. The molecule has 0 spiro atoms. The monoisotopic (exact) mass is 461 g/mol. The highest BCUT2D eigenvalue weighted by Crippen LogP contribution is 2.44. The first kappa shape index (κ1) is 21.2. The molecule has 1 unspecified atom stereocenters. The molecular formula is C19H18Cl3NO4S. The maximum absolute atomic E-state index is 13.0. The number of rotatable bonds is 6. The molecule has 0 fully saturated rings. The number of carboxylic acids is 1. The lowest BCUT2D eigenvalue weighted by molar-refractivity contribution is 0.0696. The van der Waals surface area contributed by atoms with Gasteiger partial charge in [0.1, 0.15) is 11.5 Å². The van der Waals surface area contributed by atoms with Gasteiger partial charge in [-0.15, -0.1) is 23.2 Å². The number of halogens is 3. The van der Waals surface area contributed by atoms with Gasteiger partial charge in [0.15, 0.2) is 0 Å². The molecule has 0 amide bonds. The number of fused-ring (bicyclic) bond motifs is 2. The van der Waals surface area contributed by atoms with Crippen molar-refractivity contribution in [3.8, 4) is 11.5 Å². The summed E-state index contributed by atoms with van der Waals surface area (Å²) in [5, 5.41) is 9.68. The van der Waals surface area contributed by atoms with E-state index in [9.17, 15) is 14.1 Å². The average Bonchev–Trinajstić information content (AvgIpc) is 2.78. The zero-order valence-corrected chi connectivity index (χ0v) is 18.1. The summed E-state index contributed by atoms with van der Waals surface area (Å²) < 4.78 is 19.0. The van der Waals surface area contributed by atoms with Gasteiger partial charge in [0.2, 0.25) is 0 Å². The maximum Gasteiger partial charge on any atom is 0.335 e. The Morgan fingerprint density at radius 2 is 1.86 bits per heavy atom. The van der Waals surface area contributed by atoms with Crippen LogP contribution in [-0.2, 0) is 16.6 Å². The summed E-state index contributed by atoms with van der Waals surface area (Å²) in [5.74, 6) is 0.750. The predicted molar refractivity (Wildman–Crippen MR) is 113 cm³/mol. The van der Waals surface area contributed by atoms with Crippen LogP contribution in [0, 0.1) is 6.92 Å². The molecule has 28 heavy (non-hydrogen) atoms. The van der Waals surface area contributed by atoms with Crippen molar-refractivity contribution < 1.29 is 18.8 Å². The minimum atomic E-state index is -1.49. The van der Waals surface area contributed by atoms with Gasteiger partial charge in [0.25, 0.3) is 0 Å². The van der Waals surface area contributed by atoms with Gasteiger partial charge in [-0.3, -0.25) is 4.21 Å². The van der Waals surface area contributed by atoms with Gasteiger partial charge >= 0.3 is 5.97 Å². The fourth-order valence-electron chi connectivity index (χ4n) is 3.10. The summed E-state index contributed by atoms with van der Waals surface area (Å²) in [6.07, 6.45) is 0. The number of anilines is 1. The van der Waals surface area contributed by atoms with E-state index in [0.717, 1.165) is 5.69 Å². The number of carboxylic acid groups (broad SMARTS) is 1. The number of aryl methyl sites for hydroxylation is 1. The first-order chi connectivity index (χ1) is 13.3. The molecule has 1 aliphatic heterocycles. The number of ether oxygens (including phenoxy) is 1. The molecule has 1 N–H and O–H groups in total. The Kier molecular flexibility index (Phi) is 6.76. The van der Waals surface area contributed by atoms with Gasteiger partial charge in [-0.25, -0.2) is 4.79 Å². The molecule has 150 valence electrons. The number of nitrogens with zero attached hydrogens (tertiary/aromatic N) is 1. The lowest BCUT2D eigenvalue weighted by Gasteiger charge is -2.24. The highest BCUT2D eigenvalue weighted by atomic mass is 35.5. The van der Waals surface area contributed by atoms with Crippen LogP contribution in [0.1, 0.15) is 21.5 Å². The fraction of sp³-hybridized carbons (Fsp3) is 0.316. The molecule has 1 heterocycles. The Hall–Kier alpha value is -1.47. The summed E-state index contributed by atoms with van der Waals surface area (Å²) in [6.45, 7) is 2.90. The number of alkyl halides is 2. The van der Waals surface area contributed by atoms with E-state index in [1.165, 1.54) is 12.1 Å². The Labute approximate surface area is 180 Å². The van der Waals surface area contributed by atoms with Crippen molar-refractivity contribution in [3.63, 3.8) is 0 Å². The van der Waals surface area contributed by atoms with Crippen molar-refractivity contribution in [2.75, 3.05) is 29.7 Å². The summed E-state index contributed by atoms with van der Waals surface area (Å²) >= 11 is 18.3. The molecule has 0 saturated carbocycles. The highest BCUT2D eigenvalue weighted by Gasteiger charge is 2.26. The smallest absolute Gasteiger partial charge is 0.335 e. The first-order valence-electron chi connectivity index (χ1n) is 8.49. The quantitative estimate of drug-likeness (QED) is 0.609. The van der Waals surface area contributed by atoms with E-state index in [1.807, 2.05) is 11.0 Å². The molecule has 0 bridgehead atoms. The van der Waals surface area contributed by atoms with Crippen LogP contribution in [0.25, 0.3) is 0 Å². The summed E-state index contributed by atoms with van der Waals surface area (Å²) in [6, 6.07) is 6.54. The van der Waals surface area contributed by atoms with Gasteiger partial charge in [-0.2, -0.15) is 0 Å². The Morgan fingerprint density at radius 1 is 1.18 bits per heavy atom. The van der Waals surface area contributed by atoms with Crippen molar-refractivity contribution >= 4 is 57.3 Å². The van der Waals surface area contributed by atoms with Crippen molar-refractivity contribution in [2.24, 2.45) is 0 Å². The number of carbonyl (C=O) groups is 1. The minimum absolute atomic E-state index is 0.0707. The molecule has 0 saturated heterocycles. The Bertz CT molecular complexity index is 945. The second-order valence-electron chi connectivity index (χ2n) is 6.30. The van der Waals surface area contributed by atoms with Crippen LogP contribution >= 0.6 is 34.8 Å². The van der Waals surface area contributed by atoms with Crippen molar-refractivity contribution in [1.82, 2.24) is 0 Å². The van der Waals surface area contributed by atoms with Gasteiger partial charge < -0.3 is 14.7 Å². The summed E-state index contributed by atoms with van der Waals surface area (Å²) in [5.41, 5.74) is 2.16. The maximum atomic E-state index is 13.0. The van der Waals surface area contributed by atoms with E-state index >= 15 is 0 Å². The lowest BCUT2D eigenvalue weighted by atomic mass is 10.1. The molecule has 0 radical (unpaired) electrons. The van der Waals surface area contributed by atoms with Gasteiger partial charge in [-0.1, -0.05) is 11.6 Å². The predicted octanol–water partition coefficient (Wildman–Crippen LogP) is 5.04. The van der Waals surface area contributed by atoms with Crippen LogP contribution < -0.4 is 9.64 Å². The molecule has 9 heteroatoms. The van der Waals surface area contributed by atoms with E-state index in [0.29, 0.717) is 57.4 Å². The van der Waals surface area contributed by atoms with Crippen LogP contribution in [0.2, 0.25) is 5.02 Å². The molecule has 5 nitrogen and oxygen atoms in total. The number of aromatic carboxylic acids is 1. The fourth-order valence-corrected chi connectivity index (χ4v) is 5.10. The van der Waals surface area contributed by atoms with Gasteiger partial charge in [-0.05, 0) is 36.8 Å². The van der Waals surface area contributed by atoms with E-state index < -0.39 is 16.8 Å². The van der Waals surface area contributed by atoms with E-state index in [4.69, 9.17) is 39.5 Å². The minimum Gasteiger partial charge on any atom is -0.478 e. The molecule has 2 aromatic rings. The van der Waals surface area contributed by atoms with E-state index in [1.54, 1.807) is 13.0 Å². The molecule has 1 atom stereocenters. The average molecular weight is 463 g/mol. The Morgan fingerprint density at radius 3 is 2.46 bits per heavy atom. The molecule has 0 aromatic heterocycles. The molecule has 0 aliphatic carbocycles. The second kappa shape index (κ2) is 8.91. The SMILES string of the molecule is Cc1cc(C(=O)O)cc2c1Oc1c(Cl)cc(N(CCCl)CCCl)cc1CS2=O. The standard InChI is InChI=1S/C19H18Cl3NO4S/c1-11-6-12(19(24)25)8-16-17(11)27-18-13(10-28(16)26)7-14(9-15(18)22)23(4-2-20)5-3-21/h6-9H,2-5,10H2,1H3,(H,24,25). The van der Waals surface area contributed by atoms with E-state index in [-0.39, 0.29) is 11.3 Å². The van der Waals surface area contributed by atoms with Crippen LogP contribution in [0.4, 0.5) is 5.69 Å². The lowest BCUT2D eigenvalue weighted by Crippen LogP contribution is -2.27. The topological polar surface area (TPSA) is 66.8 Å². The van der Waals surface area contributed by atoms with Crippen molar-refractivity contribution in [1.29, 1.82) is 0 Å². The van der Waals surface area contributed by atoms with Crippen LogP contribution in [0.3, 0.4) is 0 Å². The largest absolute Gasteiger partial charge is 0.478 e. The first-order valence-corrected chi connectivity index (χ1v) is 11.3.